The lowest BCUT2D eigenvalue weighted by Crippen LogP contribution is -2.34. The summed E-state index contributed by atoms with van der Waals surface area (Å²) in [6.45, 7) is 3.45. The minimum atomic E-state index is -0.137. The highest BCUT2D eigenvalue weighted by Gasteiger charge is 2.23. The highest BCUT2D eigenvalue weighted by Crippen LogP contribution is 2.25. The Labute approximate surface area is 151 Å². The molecular formula is C18H22N6O2. The van der Waals surface area contributed by atoms with Crippen LogP contribution in [0.5, 0.6) is 0 Å². The zero-order valence-electron chi connectivity index (χ0n) is 15.0. The Bertz CT molecular complexity index is 896. The monoisotopic (exact) mass is 354 g/mol. The van der Waals surface area contributed by atoms with Gasteiger partial charge in [0, 0.05) is 19.6 Å². The predicted molar refractivity (Wildman–Crippen MR) is 98.2 cm³/mol. The van der Waals surface area contributed by atoms with E-state index in [4.69, 9.17) is 4.42 Å². The topological polar surface area (TPSA) is 79.4 Å². The number of hydrogen-bond donors (Lipinski definition) is 1. The number of nitrogens with one attached hydrogen (secondary N) is 1. The van der Waals surface area contributed by atoms with Gasteiger partial charge in [0.15, 0.2) is 11.3 Å². The van der Waals surface area contributed by atoms with Gasteiger partial charge in [-0.25, -0.2) is 0 Å². The van der Waals surface area contributed by atoms with E-state index >= 15 is 0 Å². The van der Waals surface area contributed by atoms with E-state index in [1.54, 1.807) is 0 Å². The number of carbonyl (C=O) groups is 1. The van der Waals surface area contributed by atoms with E-state index in [0.717, 1.165) is 29.9 Å². The van der Waals surface area contributed by atoms with Crippen molar-refractivity contribution in [3.8, 4) is 0 Å². The van der Waals surface area contributed by atoms with Gasteiger partial charge in [0.05, 0.1) is 18.8 Å². The molecule has 1 aliphatic rings. The van der Waals surface area contributed by atoms with Gasteiger partial charge in [-0.15, -0.1) is 0 Å². The molecule has 0 saturated heterocycles. The van der Waals surface area contributed by atoms with Gasteiger partial charge in [-0.3, -0.25) is 9.48 Å². The van der Waals surface area contributed by atoms with E-state index in [9.17, 15) is 4.79 Å². The smallest absolute Gasteiger partial charge is 0.298 e. The second-order valence-corrected chi connectivity index (χ2v) is 6.69. The lowest BCUT2D eigenvalue weighted by atomic mass is 10.3. The van der Waals surface area contributed by atoms with E-state index in [1.807, 2.05) is 54.0 Å². The van der Waals surface area contributed by atoms with Crippen molar-refractivity contribution in [2.75, 3.05) is 38.6 Å². The molecule has 0 unspecified atom stereocenters. The number of nitrogens with zero attached hydrogens (tertiary/aromatic N) is 5. The first-order valence-corrected chi connectivity index (χ1v) is 8.70. The summed E-state index contributed by atoms with van der Waals surface area (Å²) in [6, 6.07) is 10.2. The second kappa shape index (κ2) is 6.80. The van der Waals surface area contributed by atoms with E-state index < -0.39 is 0 Å². The van der Waals surface area contributed by atoms with Crippen molar-refractivity contribution in [1.29, 1.82) is 0 Å². The van der Waals surface area contributed by atoms with Gasteiger partial charge in [0.2, 0.25) is 0 Å². The molecule has 1 N–H and O–H groups in total. The molecule has 0 radical (unpaired) electrons. The van der Waals surface area contributed by atoms with Crippen LogP contribution in [0.4, 0.5) is 6.01 Å². The minimum Gasteiger partial charge on any atom is -0.423 e. The van der Waals surface area contributed by atoms with Crippen LogP contribution in [-0.2, 0) is 13.1 Å². The highest BCUT2D eigenvalue weighted by molar-refractivity contribution is 5.92. The molecule has 1 amide bonds. The third-order valence-corrected chi connectivity index (χ3v) is 4.43. The summed E-state index contributed by atoms with van der Waals surface area (Å²) >= 11 is 0. The Morgan fingerprint density at radius 3 is 2.96 bits per heavy atom. The van der Waals surface area contributed by atoms with Gasteiger partial charge in [0.1, 0.15) is 5.52 Å². The number of rotatable bonds is 5. The van der Waals surface area contributed by atoms with E-state index in [0.29, 0.717) is 31.3 Å². The average Bonchev–Trinajstić information content (AvgIpc) is 3.24. The molecule has 0 bridgehead atoms. The standard InChI is InChI=1S/C18H22N6O2/c1-22(2)8-7-19-17(25)15-11-13-12-23(9-10-24(13)21-15)18-20-14-5-3-4-6-16(14)26-18/h3-6,11H,7-10,12H2,1-2H3,(H,19,25). The molecular weight excluding hydrogens is 332 g/mol. The molecule has 0 spiro atoms. The number of fused-ring (bicyclic) bond motifs is 2. The Morgan fingerprint density at radius 2 is 2.15 bits per heavy atom. The zero-order valence-corrected chi connectivity index (χ0v) is 15.0. The van der Waals surface area contributed by atoms with Crippen LogP contribution in [0.2, 0.25) is 0 Å². The van der Waals surface area contributed by atoms with Gasteiger partial charge >= 0.3 is 0 Å². The normalized spacial score (nSPS) is 14.0. The van der Waals surface area contributed by atoms with Crippen LogP contribution in [0.3, 0.4) is 0 Å². The number of carbonyl (C=O) groups excluding carboxylic acids is 1. The molecule has 0 atom stereocenters. The molecule has 0 saturated carbocycles. The lowest BCUT2D eigenvalue weighted by Gasteiger charge is -2.25. The molecule has 136 valence electrons. The van der Waals surface area contributed by atoms with Gasteiger partial charge in [-0.05, 0) is 32.3 Å². The predicted octanol–water partition coefficient (Wildman–Crippen LogP) is 1.34. The fourth-order valence-corrected chi connectivity index (χ4v) is 3.02. The van der Waals surface area contributed by atoms with Crippen LogP contribution in [0, 0.1) is 0 Å². The van der Waals surface area contributed by atoms with Crippen molar-refractivity contribution >= 4 is 23.0 Å². The summed E-state index contributed by atoms with van der Waals surface area (Å²) in [6.07, 6.45) is 0. The summed E-state index contributed by atoms with van der Waals surface area (Å²) in [4.78, 5) is 20.9. The Balaban J connectivity index is 1.47. The van der Waals surface area contributed by atoms with E-state index in [-0.39, 0.29) is 5.91 Å². The first-order chi connectivity index (χ1) is 12.6. The quantitative estimate of drug-likeness (QED) is 0.745. The first-order valence-electron chi connectivity index (χ1n) is 8.70. The van der Waals surface area contributed by atoms with Crippen molar-refractivity contribution in [3.63, 3.8) is 0 Å². The largest absolute Gasteiger partial charge is 0.423 e. The maximum Gasteiger partial charge on any atom is 0.298 e. The third kappa shape index (κ3) is 3.28. The van der Waals surface area contributed by atoms with E-state index in [2.05, 4.69) is 20.3 Å². The summed E-state index contributed by atoms with van der Waals surface area (Å²) in [5.74, 6) is -0.137. The Morgan fingerprint density at radius 1 is 1.31 bits per heavy atom. The molecule has 4 rings (SSSR count). The molecule has 0 fully saturated rings. The Kier molecular flexibility index (Phi) is 4.34. The number of aromatic nitrogens is 3. The fraction of sp³-hybridized carbons (Fsp3) is 0.389. The van der Waals surface area contributed by atoms with Gasteiger partial charge in [-0.1, -0.05) is 12.1 Å². The number of hydrogen-bond acceptors (Lipinski definition) is 6. The van der Waals surface area contributed by atoms with Gasteiger partial charge < -0.3 is 19.5 Å². The number of benzene rings is 1. The van der Waals surface area contributed by atoms with Gasteiger partial charge in [0.25, 0.3) is 11.9 Å². The molecule has 0 aliphatic carbocycles. The molecule has 8 nitrogen and oxygen atoms in total. The number of para-hydroxylation sites is 2. The number of oxazole rings is 1. The van der Waals surface area contributed by atoms with Crippen LogP contribution < -0.4 is 10.2 Å². The van der Waals surface area contributed by atoms with Crippen LogP contribution in [0.15, 0.2) is 34.7 Å². The summed E-state index contributed by atoms with van der Waals surface area (Å²) in [5, 5.41) is 7.33. The second-order valence-electron chi connectivity index (χ2n) is 6.69. The van der Waals surface area contributed by atoms with Crippen molar-refractivity contribution in [3.05, 3.63) is 41.7 Å². The fourth-order valence-electron chi connectivity index (χ4n) is 3.02. The third-order valence-electron chi connectivity index (χ3n) is 4.43. The van der Waals surface area contributed by atoms with E-state index in [1.165, 1.54) is 0 Å². The van der Waals surface area contributed by atoms with Crippen molar-refractivity contribution in [2.24, 2.45) is 0 Å². The van der Waals surface area contributed by atoms with Crippen molar-refractivity contribution < 1.29 is 9.21 Å². The van der Waals surface area contributed by atoms with Crippen LogP contribution in [0.1, 0.15) is 16.2 Å². The lowest BCUT2D eigenvalue weighted by molar-refractivity contribution is 0.0945. The number of likely N-dealkylation sites (N-methyl/N-ethyl adjacent to an activating group) is 1. The first kappa shape index (κ1) is 16.6. The summed E-state index contributed by atoms with van der Waals surface area (Å²) < 4.78 is 7.74. The highest BCUT2D eigenvalue weighted by atomic mass is 16.4. The molecule has 3 aromatic rings. The maximum absolute atomic E-state index is 12.3. The number of anilines is 1. The maximum atomic E-state index is 12.3. The van der Waals surface area contributed by atoms with Crippen LogP contribution in [-0.4, -0.2) is 59.3 Å². The van der Waals surface area contributed by atoms with Gasteiger partial charge in [-0.2, -0.15) is 10.1 Å². The molecule has 1 aliphatic heterocycles. The number of amides is 1. The molecule has 2 aromatic heterocycles. The molecule has 3 heterocycles. The molecule has 8 heteroatoms. The van der Waals surface area contributed by atoms with Crippen molar-refractivity contribution in [1.82, 2.24) is 25.0 Å². The van der Waals surface area contributed by atoms with Crippen LogP contribution >= 0.6 is 0 Å². The Hall–Kier alpha value is -2.87. The zero-order chi connectivity index (χ0) is 18.1. The summed E-state index contributed by atoms with van der Waals surface area (Å²) in [7, 11) is 3.95. The SMILES string of the molecule is CN(C)CCNC(=O)c1cc2n(n1)CCN(c1nc3ccccc3o1)C2. The van der Waals surface area contributed by atoms with Crippen LogP contribution in [0.25, 0.3) is 11.1 Å². The average molecular weight is 354 g/mol. The minimum absolute atomic E-state index is 0.137. The molecule has 26 heavy (non-hydrogen) atoms. The molecule has 1 aromatic carbocycles. The van der Waals surface area contributed by atoms with Crippen molar-refractivity contribution in [2.45, 2.75) is 13.1 Å². The summed E-state index contributed by atoms with van der Waals surface area (Å²) in [5.41, 5.74) is 3.07.